The van der Waals surface area contributed by atoms with Crippen LogP contribution in [0, 0.1) is 6.92 Å². The van der Waals surface area contributed by atoms with Crippen molar-refractivity contribution in [1.29, 1.82) is 0 Å². The number of hydrogen-bond donors (Lipinski definition) is 0. The minimum Gasteiger partial charge on any atom is -0.337 e. The van der Waals surface area contributed by atoms with E-state index in [2.05, 4.69) is 4.98 Å². The first-order chi connectivity index (χ1) is 7.88. The Morgan fingerprint density at radius 2 is 2.18 bits per heavy atom. The van der Waals surface area contributed by atoms with Crippen LogP contribution in [0.5, 0.6) is 0 Å². The summed E-state index contributed by atoms with van der Waals surface area (Å²) in [4.78, 5) is 4.49. The summed E-state index contributed by atoms with van der Waals surface area (Å²) in [5, 5.41) is 0. The largest absolute Gasteiger partial charge is 0.337 e. The minimum atomic E-state index is -3.08. The van der Waals surface area contributed by atoms with Crippen molar-refractivity contribution in [3.63, 3.8) is 0 Å². The third-order valence-corrected chi connectivity index (χ3v) is 4.52. The summed E-state index contributed by atoms with van der Waals surface area (Å²) in [6.07, 6.45) is 5.17. The first-order valence-corrected chi connectivity index (χ1v) is 7.68. The predicted molar refractivity (Wildman–Crippen MR) is 66.3 cm³/mol. The zero-order chi connectivity index (χ0) is 12.6. The number of sulfonamides is 1. The fourth-order valence-corrected chi connectivity index (χ4v) is 3.38. The first-order valence-electron chi connectivity index (χ1n) is 5.83. The van der Waals surface area contributed by atoms with Crippen LogP contribution in [-0.4, -0.2) is 41.6 Å². The molecule has 6 heteroatoms. The SMILES string of the molecule is Cc1cn(C)c([C@@H]2CCCN(S(C)(=O)=O)C2)n1. The second-order valence-electron chi connectivity index (χ2n) is 4.81. The number of rotatable bonds is 2. The molecule has 1 fully saturated rings. The molecule has 2 heterocycles. The lowest BCUT2D eigenvalue weighted by Gasteiger charge is -2.30. The summed E-state index contributed by atoms with van der Waals surface area (Å²) in [5.41, 5.74) is 0.985. The molecule has 0 saturated carbocycles. The van der Waals surface area contributed by atoms with Gasteiger partial charge in [0.05, 0.1) is 11.9 Å². The highest BCUT2D eigenvalue weighted by molar-refractivity contribution is 7.88. The van der Waals surface area contributed by atoms with Gasteiger partial charge in [-0.05, 0) is 19.8 Å². The molecule has 1 aliphatic rings. The minimum absolute atomic E-state index is 0.220. The average molecular weight is 257 g/mol. The molecule has 0 aromatic carbocycles. The molecule has 1 saturated heterocycles. The van der Waals surface area contributed by atoms with Gasteiger partial charge in [-0.25, -0.2) is 17.7 Å². The highest BCUT2D eigenvalue weighted by atomic mass is 32.2. The van der Waals surface area contributed by atoms with Crippen LogP contribution in [-0.2, 0) is 17.1 Å². The van der Waals surface area contributed by atoms with Gasteiger partial charge >= 0.3 is 0 Å². The number of piperidine rings is 1. The van der Waals surface area contributed by atoms with Crippen molar-refractivity contribution in [1.82, 2.24) is 13.9 Å². The molecule has 0 unspecified atom stereocenters. The number of aryl methyl sites for hydroxylation is 2. The molecule has 0 bridgehead atoms. The van der Waals surface area contributed by atoms with Crippen molar-refractivity contribution in [3.8, 4) is 0 Å². The Labute approximate surface area is 103 Å². The standard InChI is InChI=1S/C11H19N3O2S/c1-9-7-13(2)11(12-9)10-5-4-6-14(8-10)17(3,15)16/h7,10H,4-6,8H2,1-3H3/t10-/m1/s1. The van der Waals surface area contributed by atoms with Gasteiger partial charge in [-0.15, -0.1) is 0 Å². The van der Waals surface area contributed by atoms with E-state index in [9.17, 15) is 8.42 Å². The topological polar surface area (TPSA) is 55.2 Å². The summed E-state index contributed by atoms with van der Waals surface area (Å²) < 4.78 is 26.7. The van der Waals surface area contributed by atoms with E-state index in [1.54, 1.807) is 4.31 Å². The first kappa shape index (κ1) is 12.6. The number of nitrogens with zero attached hydrogens (tertiary/aromatic N) is 3. The Morgan fingerprint density at radius 1 is 1.47 bits per heavy atom. The summed E-state index contributed by atoms with van der Waals surface area (Å²) in [6, 6.07) is 0. The summed E-state index contributed by atoms with van der Waals surface area (Å²) >= 11 is 0. The highest BCUT2D eigenvalue weighted by Crippen LogP contribution is 2.27. The Balaban J connectivity index is 2.21. The lowest BCUT2D eigenvalue weighted by Crippen LogP contribution is -2.39. The van der Waals surface area contributed by atoms with Crippen molar-refractivity contribution in [2.24, 2.45) is 7.05 Å². The van der Waals surface area contributed by atoms with Gasteiger partial charge in [-0.2, -0.15) is 0 Å². The van der Waals surface area contributed by atoms with Crippen molar-refractivity contribution in [2.45, 2.75) is 25.7 Å². The molecule has 0 N–H and O–H groups in total. The molecule has 2 rings (SSSR count). The molecule has 1 aliphatic heterocycles. The van der Waals surface area contributed by atoms with Gasteiger partial charge in [0.1, 0.15) is 5.82 Å². The van der Waals surface area contributed by atoms with Crippen LogP contribution < -0.4 is 0 Å². The van der Waals surface area contributed by atoms with Crippen LogP contribution in [0.4, 0.5) is 0 Å². The monoisotopic (exact) mass is 257 g/mol. The van der Waals surface area contributed by atoms with E-state index in [0.717, 1.165) is 24.4 Å². The quantitative estimate of drug-likeness (QED) is 0.790. The van der Waals surface area contributed by atoms with Gasteiger partial charge in [0.25, 0.3) is 0 Å². The van der Waals surface area contributed by atoms with E-state index in [-0.39, 0.29) is 5.92 Å². The second kappa shape index (κ2) is 4.42. The third kappa shape index (κ3) is 2.69. The lowest BCUT2D eigenvalue weighted by molar-refractivity contribution is 0.308. The molecule has 17 heavy (non-hydrogen) atoms. The molecule has 0 aliphatic carbocycles. The predicted octanol–water partition coefficient (Wildman–Crippen LogP) is 0.868. The van der Waals surface area contributed by atoms with Crippen LogP contribution in [0.1, 0.15) is 30.3 Å². The second-order valence-corrected chi connectivity index (χ2v) is 6.79. The van der Waals surface area contributed by atoms with Crippen molar-refractivity contribution < 1.29 is 8.42 Å². The van der Waals surface area contributed by atoms with E-state index >= 15 is 0 Å². The van der Waals surface area contributed by atoms with Crippen LogP contribution >= 0.6 is 0 Å². The maximum Gasteiger partial charge on any atom is 0.211 e. The van der Waals surface area contributed by atoms with Gasteiger partial charge in [0.2, 0.25) is 10.0 Å². The van der Waals surface area contributed by atoms with Gasteiger partial charge in [-0.1, -0.05) is 0 Å². The van der Waals surface area contributed by atoms with Crippen LogP contribution in [0.15, 0.2) is 6.20 Å². The highest BCUT2D eigenvalue weighted by Gasteiger charge is 2.28. The Morgan fingerprint density at radius 3 is 2.71 bits per heavy atom. The van der Waals surface area contributed by atoms with Crippen molar-refractivity contribution in [2.75, 3.05) is 19.3 Å². The Hall–Kier alpha value is -0.880. The maximum absolute atomic E-state index is 11.6. The molecule has 0 spiro atoms. The number of imidazole rings is 1. The fourth-order valence-electron chi connectivity index (χ4n) is 2.47. The summed E-state index contributed by atoms with van der Waals surface area (Å²) in [7, 11) is -1.11. The molecule has 0 amide bonds. The lowest BCUT2D eigenvalue weighted by atomic mass is 9.99. The molecule has 96 valence electrons. The summed E-state index contributed by atoms with van der Waals surface area (Å²) in [6.45, 7) is 3.16. The van der Waals surface area contributed by atoms with Crippen molar-refractivity contribution in [3.05, 3.63) is 17.7 Å². The van der Waals surface area contributed by atoms with Crippen LogP contribution in [0.25, 0.3) is 0 Å². The van der Waals surface area contributed by atoms with E-state index in [4.69, 9.17) is 0 Å². The van der Waals surface area contributed by atoms with Crippen molar-refractivity contribution >= 4 is 10.0 Å². The number of aromatic nitrogens is 2. The summed E-state index contributed by atoms with van der Waals surface area (Å²) in [5.74, 6) is 1.22. The fraction of sp³-hybridized carbons (Fsp3) is 0.727. The smallest absolute Gasteiger partial charge is 0.211 e. The molecule has 1 atom stereocenters. The van der Waals surface area contributed by atoms with E-state index in [1.165, 1.54) is 6.26 Å². The van der Waals surface area contributed by atoms with E-state index in [1.807, 2.05) is 24.7 Å². The average Bonchev–Trinajstić information content (AvgIpc) is 2.57. The Kier molecular flexibility index (Phi) is 3.27. The zero-order valence-electron chi connectivity index (χ0n) is 10.5. The maximum atomic E-state index is 11.6. The van der Waals surface area contributed by atoms with E-state index in [0.29, 0.717) is 13.1 Å². The Bertz CT molecular complexity index is 507. The third-order valence-electron chi connectivity index (χ3n) is 3.25. The molecule has 0 radical (unpaired) electrons. The molecular weight excluding hydrogens is 238 g/mol. The molecule has 1 aromatic rings. The number of hydrogen-bond acceptors (Lipinski definition) is 3. The molecule has 5 nitrogen and oxygen atoms in total. The van der Waals surface area contributed by atoms with Crippen LogP contribution in [0.3, 0.4) is 0 Å². The van der Waals surface area contributed by atoms with Gasteiger partial charge in [-0.3, -0.25) is 0 Å². The van der Waals surface area contributed by atoms with Crippen LogP contribution in [0.2, 0.25) is 0 Å². The van der Waals surface area contributed by atoms with Gasteiger partial charge < -0.3 is 4.57 Å². The van der Waals surface area contributed by atoms with Gasteiger partial charge in [0.15, 0.2) is 0 Å². The zero-order valence-corrected chi connectivity index (χ0v) is 11.4. The van der Waals surface area contributed by atoms with E-state index < -0.39 is 10.0 Å². The molecular formula is C11H19N3O2S. The normalized spacial score (nSPS) is 22.9. The van der Waals surface area contributed by atoms with Gasteiger partial charge in [0, 0.05) is 32.3 Å². The molecule has 1 aromatic heterocycles.